The highest BCUT2D eigenvalue weighted by molar-refractivity contribution is 5.54. The van der Waals surface area contributed by atoms with Gasteiger partial charge in [0.15, 0.2) is 0 Å². The molecule has 0 aliphatic rings. The molecule has 5 heteroatoms. The molecule has 0 bridgehead atoms. The molecule has 3 rings (SSSR count). The number of nitrogens with two attached hydrogens (primary N) is 1. The van der Waals surface area contributed by atoms with Gasteiger partial charge < -0.3 is 10.3 Å². The maximum Gasteiger partial charge on any atom is 0.227 e. The molecule has 0 spiro atoms. The summed E-state index contributed by atoms with van der Waals surface area (Å²) >= 11 is 0. The van der Waals surface area contributed by atoms with Gasteiger partial charge in [-0.2, -0.15) is 4.98 Å². The van der Waals surface area contributed by atoms with Crippen molar-refractivity contribution in [1.82, 2.24) is 10.1 Å². The average molecular weight is 283 g/mol. The van der Waals surface area contributed by atoms with Gasteiger partial charge >= 0.3 is 0 Å². The van der Waals surface area contributed by atoms with E-state index in [0.717, 1.165) is 17.7 Å². The molecule has 0 atom stereocenters. The molecule has 0 saturated heterocycles. The predicted octanol–water partition coefficient (Wildman–Crippen LogP) is 3.24. The summed E-state index contributed by atoms with van der Waals surface area (Å²) in [6, 6.07) is 14.0. The van der Waals surface area contributed by atoms with Crippen LogP contribution in [0.3, 0.4) is 0 Å². The summed E-state index contributed by atoms with van der Waals surface area (Å²) < 4.78 is 18.8. The Morgan fingerprint density at radius 3 is 2.52 bits per heavy atom. The minimum absolute atomic E-state index is 0.278. The standard InChI is InChI=1S/C16H14FN3O/c17-14-4-2-1-3-13(14)16-19-15(21-20-16)10-7-11-5-8-12(18)9-6-11/h1-6,8-9H,7,10,18H2. The van der Waals surface area contributed by atoms with E-state index in [2.05, 4.69) is 10.1 Å². The van der Waals surface area contributed by atoms with Crippen molar-refractivity contribution >= 4 is 5.69 Å². The number of rotatable bonds is 4. The van der Waals surface area contributed by atoms with Gasteiger partial charge in [-0.15, -0.1) is 0 Å². The highest BCUT2D eigenvalue weighted by atomic mass is 19.1. The number of aryl methyl sites for hydroxylation is 2. The van der Waals surface area contributed by atoms with Gasteiger partial charge in [-0.3, -0.25) is 0 Å². The summed E-state index contributed by atoms with van der Waals surface area (Å²) in [7, 11) is 0. The lowest BCUT2D eigenvalue weighted by Crippen LogP contribution is -1.93. The molecule has 0 radical (unpaired) electrons. The zero-order valence-corrected chi connectivity index (χ0v) is 11.3. The quantitative estimate of drug-likeness (QED) is 0.746. The van der Waals surface area contributed by atoms with Crippen molar-refractivity contribution in [2.45, 2.75) is 12.8 Å². The van der Waals surface area contributed by atoms with Crippen LogP contribution in [-0.4, -0.2) is 10.1 Å². The lowest BCUT2D eigenvalue weighted by molar-refractivity contribution is 0.378. The second-order valence-electron chi connectivity index (χ2n) is 4.73. The molecule has 0 unspecified atom stereocenters. The van der Waals surface area contributed by atoms with Crippen LogP contribution in [0.5, 0.6) is 0 Å². The van der Waals surface area contributed by atoms with Gasteiger partial charge in [0.25, 0.3) is 0 Å². The third-order valence-electron chi connectivity index (χ3n) is 3.19. The van der Waals surface area contributed by atoms with E-state index >= 15 is 0 Å². The Morgan fingerprint density at radius 1 is 1.00 bits per heavy atom. The minimum atomic E-state index is -0.358. The molecule has 2 aromatic carbocycles. The maximum atomic E-state index is 13.6. The van der Waals surface area contributed by atoms with Crippen LogP contribution in [0.4, 0.5) is 10.1 Å². The Kier molecular flexibility index (Phi) is 3.64. The number of nitrogen functional groups attached to an aromatic ring is 1. The molecule has 106 valence electrons. The van der Waals surface area contributed by atoms with Gasteiger partial charge in [-0.25, -0.2) is 4.39 Å². The minimum Gasteiger partial charge on any atom is -0.399 e. The number of hydrogen-bond acceptors (Lipinski definition) is 4. The molecule has 3 aromatic rings. The molecule has 1 aromatic heterocycles. The van der Waals surface area contributed by atoms with Gasteiger partial charge in [-0.05, 0) is 36.2 Å². The largest absolute Gasteiger partial charge is 0.399 e. The highest BCUT2D eigenvalue weighted by Gasteiger charge is 2.12. The van der Waals surface area contributed by atoms with Gasteiger partial charge in [0.05, 0.1) is 5.56 Å². The molecule has 0 aliphatic heterocycles. The van der Waals surface area contributed by atoms with E-state index in [0.29, 0.717) is 17.9 Å². The Hall–Kier alpha value is -2.69. The van der Waals surface area contributed by atoms with Crippen LogP contribution in [0.25, 0.3) is 11.4 Å². The van der Waals surface area contributed by atoms with Crippen molar-refractivity contribution in [2.24, 2.45) is 0 Å². The second-order valence-corrected chi connectivity index (χ2v) is 4.73. The van der Waals surface area contributed by atoms with E-state index in [1.807, 2.05) is 24.3 Å². The van der Waals surface area contributed by atoms with E-state index in [9.17, 15) is 4.39 Å². The van der Waals surface area contributed by atoms with E-state index in [1.54, 1.807) is 18.2 Å². The average Bonchev–Trinajstić information content (AvgIpc) is 2.96. The Labute approximate surface area is 121 Å². The molecule has 4 nitrogen and oxygen atoms in total. The van der Waals surface area contributed by atoms with Crippen molar-refractivity contribution < 1.29 is 8.91 Å². The van der Waals surface area contributed by atoms with Crippen LogP contribution >= 0.6 is 0 Å². The van der Waals surface area contributed by atoms with Crippen LogP contribution in [0, 0.1) is 5.82 Å². The second kappa shape index (κ2) is 5.75. The Morgan fingerprint density at radius 2 is 1.76 bits per heavy atom. The maximum absolute atomic E-state index is 13.6. The van der Waals surface area contributed by atoms with Crippen molar-refractivity contribution in [3.05, 3.63) is 65.8 Å². The first-order chi connectivity index (χ1) is 10.2. The summed E-state index contributed by atoms with van der Waals surface area (Å²) in [5.74, 6) is 0.411. The SMILES string of the molecule is Nc1ccc(CCc2nc(-c3ccccc3F)no2)cc1. The number of halogens is 1. The fraction of sp³-hybridized carbons (Fsp3) is 0.125. The van der Waals surface area contributed by atoms with E-state index < -0.39 is 0 Å². The number of nitrogens with zero attached hydrogens (tertiary/aromatic N) is 2. The van der Waals surface area contributed by atoms with Gasteiger partial charge in [0, 0.05) is 12.1 Å². The molecule has 0 saturated carbocycles. The van der Waals surface area contributed by atoms with Gasteiger partial charge in [-0.1, -0.05) is 29.4 Å². The summed E-state index contributed by atoms with van der Waals surface area (Å²) in [5, 5.41) is 3.83. The smallest absolute Gasteiger partial charge is 0.227 e. The normalized spacial score (nSPS) is 10.7. The molecule has 0 aliphatic carbocycles. The van der Waals surface area contributed by atoms with E-state index in [-0.39, 0.29) is 11.6 Å². The van der Waals surface area contributed by atoms with Crippen molar-refractivity contribution in [3.63, 3.8) is 0 Å². The first-order valence-electron chi connectivity index (χ1n) is 6.64. The molecular formula is C16H14FN3O. The third-order valence-corrected chi connectivity index (χ3v) is 3.19. The monoisotopic (exact) mass is 283 g/mol. The molecule has 0 fully saturated rings. The first kappa shape index (κ1) is 13.3. The molecule has 1 heterocycles. The molecule has 0 amide bonds. The molecule has 21 heavy (non-hydrogen) atoms. The topological polar surface area (TPSA) is 64.9 Å². The van der Waals surface area contributed by atoms with Crippen LogP contribution in [0.2, 0.25) is 0 Å². The lowest BCUT2D eigenvalue weighted by Gasteiger charge is -1.98. The number of hydrogen-bond donors (Lipinski definition) is 1. The summed E-state index contributed by atoms with van der Waals surface area (Å²) in [6.07, 6.45) is 1.37. The molecular weight excluding hydrogens is 269 g/mol. The first-order valence-corrected chi connectivity index (χ1v) is 6.64. The Balaban J connectivity index is 1.71. The fourth-order valence-electron chi connectivity index (χ4n) is 2.04. The van der Waals surface area contributed by atoms with Crippen LogP contribution in [-0.2, 0) is 12.8 Å². The third kappa shape index (κ3) is 3.08. The zero-order valence-electron chi connectivity index (χ0n) is 11.3. The fourth-order valence-corrected chi connectivity index (χ4v) is 2.04. The molecule has 2 N–H and O–H groups in total. The summed E-state index contributed by atoms with van der Waals surface area (Å²) in [4.78, 5) is 4.23. The van der Waals surface area contributed by atoms with E-state index in [1.165, 1.54) is 6.07 Å². The number of benzene rings is 2. The number of anilines is 1. The summed E-state index contributed by atoms with van der Waals surface area (Å²) in [5.41, 5.74) is 7.86. The van der Waals surface area contributed by atoms with Gasteiger partial charge in [0.2, 0.25) is 11.7 Å². The van der Waals surface area contributed by atoms with Crippen LogP contribution in [0.1, 0.15) is 11.5 Å². The number of aromatic nitrogens is 2. The van der Waals surface area contributed by atoms with Crippen molar-refractivity contribution in [3.8, 4) is 11.4 Å². The van der Waals surface area contributed by atoms with Gasteiger partial charge in [0.1, 0.15) is 5.82 Å². The Bertz CT molecular complexity index is 737. The van der Waals surface area contributed by atoms with Crippen molar-refractivity contribution in [2.75, 3.05) is 5.73 Å². The van der Waals surface area contributed by atoms with Crippen LogP contribution < -0.4 is 5.73 Å². The van der Waals surface area contributed by atoms with E-state index in [4.69, 9.17) is 10.3 Å². The van der Waals surface area contributed by atoms with Crippen LogP contribution in [0.15, 0.2) is 53.1 Å². The highest BCUT2D eigenvalue weighted by Crippen LogP contribution is 2.19. The lowest BCUT2D eigenvalue weighted by atomic mass is 10.1. The van der Waals surface area contributed by atoms with Crippen molar-refractivity contribution in [1.29, 1.82) is 0 Å². The predicted molar refractivity (Wildman–Crippen MR) is 78.0 cm³/mol. The summed E-state index contributed by atoms with van der Waals surface area (Å²) in [6.45, 7) is 0. The zero-order chi connectivity index (χ0) is 14.7.